The number of carboxylic acids is 1. The maximum absolute atomic E-state index is 11.6. The Morgan fingerprint density at radius 3 is 1.93 bits per heavy atom. The molecule has 0 aromatic carbocycles. The van der Waals surface area contributed by atoms with E-state index in [-0.39, 0.29) is 0 Å². The topological polar surface area (TPSA) is 37.3 Å². The molecule has 0 unspecified atom stereocenters. The van der Waals surface area contributed by atoms with Crippen molar-refractivity contribution in [2.75, 3.05) is 0 Å². The van der Waals surface area contributed by atoms with Crippen LogP contribution in [0.2, 0.25) is 0 Å². The number of rotatable bonds is 4. The highest BCUT2D eigenvalue weighted by atomic mass is 16.4. The highest BCUT2D eigenvalue weighted by Crippen LogP contribution is 2.44. The molecular formula is C13H24O2. The van der Waals surface area contributed by atoms with E-state index in [2.05, 4.69) is 13.8 Å². The summed E-state index contributed by atoms with van der Waals surface area (Å²) in [4.78, 5) is 11.6. The van der Waals surface area contributed by atoms with Gasteiger partial charge in [-0.25, -0.2) is 0 Å². The van der Waals surface area contributed by atoms with Gasteiger partial charge >= 0.3 is 5.97 Å². The van der Waals surface area contributed by atoms with Gasteiger partial charge in [-0.15, -0.1) is 0 Å². The highest BCUT2D eigenvalue weighted by molar-refractivity contribution is 5.75. The molecule has 1 aliphatic rings. The van der Waals surface area contributed by atoms with E-state index in [0.29, 0.717) is 5.92 Å². The number of aliphatic carboxylic acids is 1. The van der Waals surface area contributed by atoms with Gasteiger partial charge in [-0.05, 0) is 18.8 Å². The van der Waals surface area contributed by atoms with Crippen LogP contribution < -0.4 is 0 Å². The second-order valence-corrected chi connectivity index (χ2v) is 4.89. The zero-order valence-corrected chi connectivity index (χ0v) is 10.1. The van der Waals surface area contributed by atoms with Gasteiger partial charge in [0, 0.05) is 0 Å². The normalized spacial score (nSPS) is 21.3. The van der Waals surface area contributed by atoms with Crippen LogP contribution in [0.3, 0.4) is 0 Å². The molecule has 88 valence electrons. The summed E-state index contributed by atoms with van der Waals surface area (Å²) < 4.78 is 0. The molecular weight excluding hydrogens is 188 g/mol. The van der Waals surface area contributed by atoms with Crippen LogP contribution in [0.4, 0.5) is 0 Å². The molecule has 0 aliphatic heterocycles. The summed E-state index contributed by atoms with van der Waals surface area (Å²) in [7, 11) is 0. The lowest BCUT2D eigenvalue weighted by molar-refractivity contribution is -0.154. The van der Waals surface area contributed by atoms with Gasteiger partial charge in [-0.2, -0.15) is 0 Å². The van der Waals surface area contributed by atoms with Crippen molar-refractivity contribution in [3.05, 3.63) is 0 Å². The molecule has 2 heteroatoms. The van der Waals surface area contributed by atoms with Gasteiger partial charge < -0.3 is 5.11 Å². The Morgan fingerprint density at radius 2 is 1.60 bits per heavy atom. The SMILES string of the molecule is CCC(CC)C1(C(=O)O)CCCCCC1. The molecule has 0 heterocycles. The number of hydrogen-bond donors (Lipinski definition) is 1. The first-order valence-corrected chi connectivity index (χ1v) is 6.40. The van der Waals surface area contributed by atoms with E-state index in [0.717, 1.165) is 38.5 Å². The fourth-order valence-electron chi connectivity index (χ4n) is 3.23. The van der Waals surface area contributed by atoms with Crippen molar-refractivity contribution in [1.82, 2.24) is 0 Å². The fourth-order valence-corrected chi connectivity index (χ4v) is 3.23. The van der Waals surface area contributed by atoms with Crippen molar-refractivity contribution >= 4 is 5.97 Å². The lowest BCUT2D eigenvalue weighted by atomic mass is 9.68. The number of carboxylic acid groups (broad SMARTS) is 1. The summed E-state index contributed by atoms with van der Waals surface area (Å²) in [5, 5.41) is 9.55. The minimum absolute atomic E-state index is 0.369. The molecule has 0 bridgehead atoms. The summed E-state index contributed by atoms with van der Waals surface area (Å²) >= 11 is 0. The first kappa shape index (κ1) is 12.5. The quantitative estimate of drug-likeness (QED) is 0.719. The van der Waals surface area contributed by atoms with Gasteiger partial charge in [-0.3, -0.25) is 4.79 Å². The molecule has 15 heavy (non-hydrogen) atoms. The average Bonchev–Trinajstić information content (AvgIpc) is 2.46. The molecule has 1 fully saturated rings. The van der Waals surface area contributed by atoms with Crippen LogP contribution >= 0.6 is 0 Å². The molecule has 1 saturated carbocycles. The standard InChI is InChI=1S/C13H24O2/c1-3-11(4-2)13(12(14)15)9-7-5-6-8-10-13/h11H,3-10H2,1-2H3,(H,14,15). The van der Waals surface area contributed by atoms with Crippen LogP contribution in [-0.4, -0.2) is 11.1 Å². The maximum atomic E-state index is 11.6. The molecule has 0 atom stereocenters. The third kappa shape index (κ3) is 2.53. The van der Waals surface area contributed by atoms with Crippen LogP contribution in [-0.2, 0) is 4.79 Å². The Balaban J connectivity index is 2.88. The Hall–Kier alpha value is -0.530. The first-order chi connectivity index (χ1) is 7.17. The molecule has 0 saturated heterocycles. The van der Waals surface area contributed by atoms with E-state index in [1.165, 1.54) is 12.8 Å². The van der Waals surface area contributed by atoms with Crippen molar-refractivity contribution < 1.29 is 9.90 Å². The zero-order valence-electron chi connectivity index (χ0n) is 10.1. The Labute approximate surface area is 93.1 Å². The second-order valence-electron chi connectivity index (χ2n) is 4.89. The van der Waals surface area contributed by atoms with Crippen molar-refractivity contribution in [3.8, 4) is 0 Å². The van der Waals surface area contributed by atoms with Crippen LogP contribution in [0.5, 0.6) is 0 Å². The van der Waals surface area contributed by atoms with Gasteiger partial charge in [0.25, 0.3) is 0 Å². The number of carbonyl (C=O) groups is 1. The lowest BCUT2D eigenvalue weighted by Gasteiger charge is -2.35. The van der Waals surface area contributed by atoms with E-state index in [1.807, 2.05) is 0 Å². The monoisotopic (exact) mass is 212 g/mol. The van der Waals surface area contributed by atoms with Crippen molar-refractivity contribution in [3.63, 3.8) is 0 Å². The van der Waals surface area contributed by atoms with E-state index >= 15 is 0 Å². The molecule has 0 aromatic heterocycles. The van der Waals surface area contributed by atoms with Crippen molar-refractivity contribution in [2.24, 2.45) is 11.3 Å². The Morgan fingerprint density at radius 1 is 1.13 bits per heavy atom. The van der Waals surface area contributed by atoms with E-state index < -0.39 is 11.4 Å². The zero-order chi connectivity index (χ0) is 11.3. The van der Waals surface area contributed by atoms with Crippen LogP contribution in [0.25, 0.3) is 0 Å². The molecule has 0 spiro atoms. The van der Waals surface area contributed by atoms with Crippen molar-refractivity contribution in [1.29, 1.82) is 0 Å². The Kier molecular flexibility index (Phi) is 4.62. The lowest BCUT2D eigenvalue weighted by Crippen LogP contribution is -2.38. The number of hydrogen-bond acceptors (Lipinski definition) is 1. The van der Waals surface area contributed by atoms with Crippen LogP contribution in [0.1, 0.15) is 65.2 Å². The van der Waals surface area contributed by atoms with E-state index in [9.17, 15) is 9.90 Å². The fraction of sp³-hybridized carbons (Fsp3) is 0.923. The first-order valence-electron chi connectivity index (χ1n) is 6.40. The van der Waals surface area contributed by atoms with Crippen LogP contribution in [0, 0.1) is 11.3 Å². The smallest absolute Gasteiger partial charge is 0.309 e. The summed E-state index contributed by atoms with van der Waals surface area (Å²) in [6.45, 7) is 4.26. The molecule has 0 amide bonds. The van der Waals surface area contributed by atoms with Gasteiger partial charge in [-0.1, -0.05) is 52.4 Å². The molecule has 0 aromatic rings. The maximum Gasteiger partial charge on any atom is 0.309 e. The second kappa shape index (κ2) is 5.53. The van der Waals surface area contributed by atoms with Gasteiger partial charge in [0.15, 0.2) is 0 Å². The molecule has 2 nitrogen and oxygen atoms in total. The minimum atomic E-state index is -0.543. The third-order valence-corrected chi connectivity index (χ3v) is 4.19. The van der Waals surface area contributed by atoms with E-state index in [1.54, 1.807) is 0 Å². The van der Waals surface area contributed by atoms with Crippen LogP contribution in [0.15, 0.2) is 0 Å². The van der Waals surface area contributed by atoms with Gasteiger partial charge in [0.1, 0.15) is 0 Å². The largest absolute Gasteiger partial charge is 0.481 e. The molecule has 0 radical (unpaired) electrons. The van der Waals surface area contributed by atoms with Gasteiger partial charge in [0.2, 0.25) is 0 Å². The minimum Gasteiger partial charge on any atom is -0.481 e. The Bertz CT molecular complexity index is 199. The van der Waals surface area contributed by atoms with Gasteiger partial charge in [0.05, 0.1) is 5.41 Å². The molecule has 1 rings (SSSR count). The third-order valence-electron chi connectivity index (χ3n) is 4.19. The summed E-state index contributed by atoms with van der Waals surface area (Å²) in [6, 6.07) is 0. The van der Waals surface area contributed by atoms with Crippen molar-refractivity contribution in [2.45, 2.75) is 65.2 Å². The molecule has 1 aliphatic carbocycles. The molecule has 1 N–H and O–H groups in total. The average molecular weight is 212 g/mol. The summed E-state index contributed by atoms with van der Waals surface area (Å²) in [5.74, 6) is -0.175. The summed E-state index contributed by atoms with van der Waals surface area (Å²) in [6.07, 6.45) is 8.44. The summed E-state index contributed by atoms with van der Waals surface area (Å²) in [5.41, 5.74) is -0.403. The predicted octanol–water partition coefficient (Wildman–Crippen LogP) is 3.85. The predicted molar refractivity (Wildman–Crippen MR) is 61.8 cm³/mol. The highest BCUT2D eigenvalue weighted by Gasteiger charge is 2.43. The van der Waals surface area contributed by atoms with E-state index in [4.69, 9.17) is 0 Å².